The van der Waals surface area contributed by atoms with Crippen LogP contribution in [-0.2, 0) is 0 Å². The summed E-state index contributed by atoms with van der Waals surface area (Å²) < 4.78 is 0. The minimum absolute atomic E-state index is 0.213. The lowest BCUT2D eigenvalue weighted by molar-refractivity contribution is 0.109. The first-order valence-corrected chi connectivity index (χ1v) is 15.7. The van der Waals surface area contributed by atoms with Crippen LogP contribution < -0.4 is 5.32 Å². The summed E-state index contributed by atoms with van der Waals surface area (Å²) in [7, 11) is -0.701. The number of carbonyl (C=O) groups excluding carboxylic acids is 1. The van der Waals surface area contributed by atoms with Crippen LogP contribution >= 0.6 is 11.2 Å². The maximum Gasteiger partial charge on any atom is 0.213 e. The molecule has 0 aromatic heterocycles. The van der Waals surface area contributed by atoms with Crippen LogP contribution in [0.1, 0.15) is 21.6 Å². The molecule has 20 heavy (non-hydrogen) atoms. The summed E-state index contributed by atoms with van der Waals surface area (Å²) in [5.41, 5.74) is 2.55. The highest BCUT2D eigenvalue weighted by molar-refractivity contribution is 8.39. The third-order valence-corrected chi connectivity index (χ3v) is 8.81. The molecule has 0 amide bonds. The summed E-state index contributed by atoms with van der Waals surface area (Å²) in [6.45, 7) is 13.7. The summed E-state index contributed by atoms with van der Waals surface area (Å²) in [5, 5.41) is 3.64. The molecule has 0 bridgehead atoms. The van der Waals surface area contributed by atoms with Crippen LogP contribution in [0, 0.1) is 0 Å². The molecule has 0 aliphatic rings. The fraction of sp³-hybridized carbons (Fsp3) is 0.533. The molecule has 1 rings (SSSR count). The van der Waals surface area contributed by atoms with E-state index in [2.05, 4.69) is 56.7 Å². The SMILES string of the molecule is CNC(c1ccc(C(=O)S[Si](C)(C)C)cc1)[Si](C)(C)C. The highest BCUT2D eigenvalue weighted by Crippen LogP contribution is 2.27. The molecule has 2 nitrogen and oxygen atoms in total. The van der Waals surface area contributed by atoms with Crippen LogP contribution in [0.3, 0.4) is 0 Å². The van der Waals surface area contributed by atoms with Gasteiger partial charge >= 0.3 is 0 Å². The van der Waals surface area contributed by atoms with E-state index in [0.717, 1.165) is 5.56 Å². The second-order valence-electron chi connectivity index (χ2n) is 7.21. The van der Waals surface area contributed by atoms with Crippen LogP contribution in [0.15, 0.2) is 24.3 Å². The molecule has 0 aliphatic carbocycles. The number of carbonyl (C=O) groups is 1. The van der Waals surface area contributed by atoms with E-state index in [1.807, 2.05) is 19.2 Å². The lowest BCUT2D eigenvalue weighted by atomic mass is 10.1. The Hall–Kier alpha value is -0.366. The van der Waals surface area contributed by atoms with E-state index in [0.29, 0.717) is 5.67 Å². The van der Waals surface area contributed by atoms with E-state index in [1.165, 1.54) is 16.8 Å². The van der Waals surface area contributed by atoms with E-state index >= 15 is 0 Å². The smallest absolute Gasteiger partial charge is 0.213 e. The van der Waals surface area contributed by atoms with Crippen molar-refractivity contribution in [1.29, 1.82) is 0 Å². The van der Waals surface area contributed by atoms with Gasteiger partial charge in [-0.1, -0.05) is 63.5 Å². The van der Waals surface area contributed by atoms with E-state index in [1.54, 1.807) is 0 Å². The molecule has 1 atom stereocenters. The molecule has 1 aromatic rings. The van der Waals surface area contributed by atoms with E-state index < -0.39 is 15.3 Å². The highest BCUT2D eigenvalue weighted by Gasteiger charge is 2.27. The predicted octanol–water partition coefficient (Wildman–Crippen LogP) is 4.53. The number of nitrogens with one attached hydrogen (secondary N) is 1. The number of hydrogen-bond acceptors (Lipinski definition) is 3. The quantitative estimate of drug-likeness (QED) is 0.806. The van der Waals surface area contributed by atoms with E-state index in [9.17, 15) is 4.79 Å². The summed E-state index contributed by atoms with van der Waals surface area (Å²) >= 11 is 1.53. The molecule has 1 aromatic carbocycles. The molecule has 1 unspecified atom stereocenters. The summed E-state index contributed by atoms with van der Waals surface area (Å²) in [6.07, 6.45) is 0. The van der Waals surface area contributed by atoms with Crippen LogP contribution in [0.5, 0.6) is 0 Å². The molecule has 112 valence electrons. The van der Waals surface area contributed by atoms with Crippen molar-refractivity contribution >= 4 is 31.6 Å². The minimum atomic E-state index is -1.41. The van der Waals surface area contributed by atoms with E-state index in [4.69, 9.17) is 0 Å². The predicted molar refractivity (Wildman–Crippen MR) is 96.9 cm³/mol. The zero-order chi connectivity index (χ0) is 15.6. The van der Waals surface area contributed by atoms with Gasteiger partial charge < -0.3 is 5.32 Å². The molecule has 1 N–H and O–H groups in total. The van der Waals surface area contributed by atoms with Gasteiger partial charge in [-0.3, -0.25) is 4.79 Å². The van der Waals surface area contributed by atoms with Crippen LogP contribution in [0.4, 0.5) is 0 Å². The molecule has 0 aliphatic heterocycles. The number of benzene rings is 1. The van der Waals surface area contributed by atoms with Crippen molar-refractivity contribution in [2.75, 3.05) is 7.05 Å². The average molecular weight is 326 g/mol. The largest absolute Gasteiger partial charge is 0.316 e. The molecule has 0 heterocycles. The van der Waals surface area contributed by atoms with Gasteiger partial charge in [0.2, 0.25) is 5.12 Å². The van der Waals surface area contributed by atoms with Crippen molar-refractivity contribution in [2.24, 2.45) is 0 Å². The van der Waals surface area contributed by atoms with E-state index in [-0.39, 0.29) is 5.12 Å². The monoisotopic (exact) mass is 325 g/mol. The van der Waals surface area contributed by atoms with Gasteiger partial charge in [0.05, 0.1) is 8.07 Å². The lowest BCUT2D eigenvalue weighted by Crippen LogP contribution is -2.39. The Bertz CT molecular complexity index is 460. The van der Waals surface area contributed by atoms with Gasteiger partial charge in [-0.15, -0.1) is 11.2 Å². The Morgan fingerprint density at radius 1 is 1.05 bits per heavy atom. The van der Waals surface area contributed by atoms with Gasteiger partial charge in [-0.05, 0) is 12.6 Å². The zero-order valence-corrected chi connectivity index (χ0v) is 16.5. The van der Waals surface area contributed by atoms with Crippen LogP contribution in [0.2, 0.25) is 39.3 Å². The molecule has 0 radical (unpaired) electrons. The van der Waals surface area contributed by atoms with Crippen molar-refractivity contribution in [3.63, 3.8) is 0 Å². The molecular weight excluding hydrogens is 298 g/mol. The average Bonchev–Trinajstić information content (AvgIpc) is 2.26. The van der Waals surface area contributed by atoms with Crippen molar-refractivity contribution in [2.45, 2.75) is 44.9 Å². The fourth-order valence-electron chi connectivity index (χ4n) is 2.25. The molecule has 0 spiro atoms. The standard InChI is InChI=1S/C15H27NOSSi2/c1-16-14(19(2,3)4)12-8-10-13(11-9-12)15(17)18-20(5,6)7/h8-11,14,16H,1-7H3. The topological polar surface area (TPSA) is 29.1 Å². The normalized spacial score (nSPS) is 14.2. The maximum atomic E-state index is 12.2. The van der Waals surface area contributed by atoms with Gasteiger partial charge in [-0.25, -0.2) is 0 Å². The van der Waals surface area contributed by atoms with Gasteiger partial charge in [0.25, 0.3) is 0 Å². The Morgan fingerprint density at radius 3 is 1.90 bits per heavy atom. The summed E-state index contributed by atoms with van der Waals surface area (Å²) in [4.78, 5) is 12.2. The molecule has 0 saturated carbocycles. The van der Waals surface area contributed by atoms with Crippen molar-refractivity contribution < 1.29 is 4.79 Å². The first-order chi connectivity index (χ1) is 9.04. The molecule has 0 fully saturated rings. The molecular formula is C15H27NOSSi2. The number of hydrogen-bond donors (Lipinski definition) is 1. The third kappa shape index (κ3) is 5.20. The Kier molecular flexibility index (Phi) is 5.83. The highest BCUT2D eigenvalue weighted by atomic mass is 32.4. The van der Waals surface area contributed by atoms with Crippen molar-refractivity contribution in [1.82, 2.24) is 5.32 Å². The molecule has 0 saturated heterocycles. The fourth-order valence-corrected chi connectivity index (χ4v) is 7.14. The van der Waals surface area contributed by atoms with Crippen LogP contribution in [-0.4, -0.2) is 27.5 Å². The third-order valence-electron chi connectivity index (χ3n) is 3.03. The molecule has 5 heteroatoms. The Morgan fingerprint density at radius 2 is 1.55 bits per heavy atom. The van der Waals surface area contributed by atoms with Gasteiger partial charge in [0, 0.05) is 11.2 Å². The maximum absolute atomic E-state index is 12.2. The van der Waals surface area contributed by atoms with Gasteiger partial charge in [-0.2, -0.15) is 0 Å². The first-order valence-electron chi connectivity index (χ1n) is 7.05. The zero-order valence-electron chi connectivity index (χ0n) is 13.7. The van der Waals surface area contributed by atoms with Crippen LogP contribution in [0.25, 0.3) is 0 Å². The van der Waals surface area contributed by atoms with Gasteiger partial charge in [0.1, 0.15) is 7.22 Å². The minimum Gasteiger partial charge on any atom is -0.316 e. The Balaban J connectivity index is 2.91. The summed E-state index contributed by atoms with van der Waals surface area (Å²) in [6, 6.07) is 8.18. The second kappa shape index (κ2) is 6.60. The van der Waals surface area contributed by atoms with Crippen molar-refractivity contribution in [3.05, 3.63) is 35.4 Å². The number of rotatable bonds is 5. The first kappa shape index (κ1) is 17.7. The summed E-state index contributed by atoms with van der Waals surface area (Å²) in [5.74, 6) is 0. The second-order valence-corrected chi connectivity index (χ2v) is 21.6. The Labute approximate surface area is 129 Å². The van der Waals surface area contributed by atoms with Crippen molar-refractivity contribution in [3.8, 4) is 0 Å². The van der Waals surface area contributed by atoms with Gasteiger partial charge in [0.15, 0.2) is 0 Å². The lowest BCUT2D eigenvalue weighted by Gasteiger charge is -2.29.